The molecule has 36 valence electrons. The van der Waals surface area contributed by atoms with Crippen molar-refractivity contribution in [1.82, 2.24) is 4.67 Å². The monoisotopic (exact) mass is 113 g/mol. The topological polar surface area (TPSA) is 26.5 Å². The average molecular weight is 113 g/mol. The lowest BCUT2D eigenvalue weighted by Gasteiger charge is -1.77. The first-order valence-corrected chi connectivity index (χ1v) is 2.82. The lowest BCUT2D eigenvalue weighted by molar-refractivity contribution is 1.63. The van der Waals surface area contributed by atoms with Gasteiger partial charge in [0.25, 0.3) is 0 Å². The van der Waals surface area contributed by atoms with Crippen LogP contribution < -0.4 is 4.67 Å². The van der Waals surface area contributed by atoms with Crippen LogP contribution in [0.25, 0.3) is 0 Å². The maximum absolute atomic E-state index is 3.89. The summed E-state index contributed by atoms with van der Waals surface area (Å²) in [4.78, 5) is 3.89. The Bertz CT molecular complexity index is 153. The Balaban J connectivity index is 2.77. The van der Waals surface area contributed by atoms with E-state index in [1.807, 2.05) is 6.92 Å². The van der Waals surface area contributed by atoms with Crippen LogP contribution in [0, 0.1) is 0 Å². The zero-order valence-corrected chi connectivity index (χ0v) is 4.77. The fourth-order valence-corrected chi connectivity index (χ4v) is 0.655. The molecule has 1 rings (SSSR count). The molecular weight excluding hydrogens is 108 g/mol. The quantitative estimate of drug-likeness (QED) is 0.414. The van der Waals surface area contributed by atoms with Gasteiger partial charge in [-0.15, -0.1) is 0 Å². The van der Waals surface area contributed by atoms with E-state index in [2.05, 4.69) is 9.66 Å². The van der Waals surface area contributed by atoms with Gasteiger partial charge < -0.3 is 0 Å². The van der Waals surface area contributed by atoms with Gasteiger partial charge in [-0.1, -0.05) is 0 Å². The minimum absolute atomic E-state index is 1.05. The molecule has 2 nitrogen and oxygen atoms in total. The number of nitrogens with zero attached hydrogens (tertiary/aromatic N) is 2. The Morgan fingerprint density at radius 3 is 3.00 bits per heavy atom. The molecule has 0 saturated carbocycles. The van der Waals surface area contributed by atoms with Crippen molar-refractivity contribution in [3.63, 3.8) is 0 Å². The molecule has 0 unspecified atom stereocenters. The SMILES string of the molecule is CC1=NC=[N+]=CS1. The van der Waals surface area contributed by atoms with Crippen molar-refractivity contribution >= 4 is 28.7 Å². The minimum Gasteiger partial charge on any atom is -0.208 e. The summed E-state index contributed by atoms with van der Waals surface area (Å²) in [5, 5.41) is 1.05. The Hall–Kier alpha value is -0.530. The van der Waals surface area contributed by atoms with Crippen molar-refractivity contribution < 1.29 is 0 Å². The van der Waals surface area contributed by atoms with E-state index in [1.165, 1.54) is 0 Å². The van der Waals surface area contributed by atoms with Crippen LogP contribution in [-0.2, 0) is 0 Å². The highest BCUT2D eigenvalue weighted by Gasteiger charge is 1.98. The Morgan fingerprint density at radius 2 is 2.71 bits per heavy atom. The zero-order chi connectivity index (χ0) is 5.11. The van der Waals surface area contributed by atoms with Crippen molar-refractivity contribution in [3.05, 3.63) is 0 Å². The van der Waals surface area contributed by atoms with E-state index in [0.29, 0.717) is 0 Å². The minimum atomic E-state index is 1.05. The molecule has 1 heterocycles. The van der Waals surface area contributed by atoms with Gasteiger partial charge in [-0.3, -0.25) is 0 Å². The summed E-state index contributed by atoms with van der Waals surface area (Å²) < 4.78 is 3.75. The molecule has 0 radical (unpaired) electrons. The predicted molar refractivity (Wildman–Crippen MR) is 35.0 cm³/mol. The molecule has 0 amide bonds. The zero-order valence-electron chi connectivity index (χ0n) is 3.96. The first-order valence-electron chi connectivity index (χ1n) is 1.94. The average Bonchev–Trinajstić information content (AvgIpc) is 1.69. The van der Waals surface area contributed by atoms with E-state index < -0.39 is 0 Å². The molecule has 0 spiro atoms. The number of hydrogen-bond donors (Lipinski definition) is 0. The summed E-state index contributed by atoms with van der Waals surface area (Å²) in [6.07, 6.45) is 1.55. The number of aliphatic imine (C=N–C) groups is 1. The highest BCUT2D eigenvalue weighted by atomic mass is 32.2. The molecule has 3 heteroatoms. The second-order valence-electron chi connectivity index (χ2n) is 1.14. The second-order valence-corrected chi connectivity index (χ2v) is 2.17. The van der Waals surface area contributed by atoms with Gasteiger partial charge >= 0.3 is 6.34 Å². The highest BCUT2D eigenvalue weighted by Crippen LogP contribution is 1.96. The van der Waals surface area contributed by atoms with E-state index in [9.17, 15) is 0 Å². The molecule has 1 aliphatic rings. The molecule has 0 fully saturated rings. The summed E-state index contributed by atoms with van der Waals surface area (Å²) in [6.45, 7) is 1.95. The van der Waals surface area contributed by atoms with Gasteiger partial charge in [-0.05, 0) is 4.99 Å². The van der Waals surface area contributed by atoms with Crippen molar-refractivity contribution in [2.75, 3.05) is 0 Å². The van der Waals surface area contributed by atoms with Gasteiger partial charge in [0.05, 0.1) is 0 Å². The van der Waals surface area contributed by atoms with E-state index in [-0.39, 0.29) is 0 Å². The fourth-order valence-electron chi connectivity index (χ4n) is 0.279. The van der Waals surface area contributed by atoms with Crippen molar-refractivity contribution in [2.24, 2.45) is 4.99 Å². The molecule has 0 N–H and O–H groups in total. The molecule has 0 aliphatic carbocycles. The third-order valence-electron chi connectivity index (χ3n) is 0.590. The summed E-state index contributed by atoms with van der Waals surface area (Å²) in [5.41, 5.74) is 1.77. The molecule has 0 atom stereocenters. The van der Waals surface area contributed by atoms with Gasteiger partial charge in [0.1, 0.15) is 0 Å². The molecule has 0 bridgehead atoms. The van der Waals surface area contributed by atoms with Crippen LogP contribution in [0.2, 0.25) is 0 Å². The molecular formula is C4H5N2S+. The normalized spacial score (nSPS) is 17.0. The largest absolute Gasteiger partial charge is 0.379 e. The van der Waals surface area contributed by atoms with Crippen LogP contribution in [0.4, 0.5) is 0 Å². The van der Waals surface area contributed by atoms with Gasteiger partial charge in [-0.2, -0.15) is 0 Å². The lowest BCUT2D eigenvalue weighted by Crippen LogP contribution is -1.91. The van der Waals surface area contributed by atoms with Crippen LogP contribution in [0.1, 0.15) is 6.92 Å². The standard InChI is InChI=1S/C4H5N2S/c1-4-6-2-5-3-7-4/h2-3H,1H3/q+1. The Labute approximate surface area is 46.1 Å². The van der Waals surface area contributed by atoms with Crippen LogP contribution in [0.15, 0.2) is 4.99 Å². The van der Waals surface area contributed by atoms with Crippen LogP contribution in [-0.4, -0.2) is 16.9 Å². The van der Waals surface area contributed by atoms with E-state index in [1.54, 1.807) is 23.6 Å². The molecule has 1 aliphatic heterocycles. The molecule has 7 heavy (non-hydrogen) atoms. The van der Waals surface area contributed by atoms with E-state index >= 15 is 0 Å². The Kier molecular flexibility index (Phi) is 1.29. The summed E-state index contributed by atoms with van der Waals surface area (Å²) >= 11 is 1.55. The summed E-state index contributed by atoms with van der Waals surface area (Å²) in [7, 11) is 0. The van der Waals surface area contributed by atoms with Crippen molar-refractivity contribution in [3.8, 4) is 0 Å². The number of hydrogen-bond acceptors (Lipinski definition) is 2. The molecule has 0 aromatic carbocycles. The first-order chi connectivity index (χ1) is 3.39. The first kappa shape index (κ1) is 4.62. The van der Waals surface area contributed by atoms with Crippen molar-refractivity contribution in [2.45, 2.75) is 6.92 Å². The maximum Gasteiger partial charge on any atom is 0.379 e. The van der Waals surface area contributed by atoms with Crippen molar-refractivity contribution in [1.29, 1.82) is 0 Å². The highest BCUT2D eigenvalue weighted by molar-refractivity contribution is 8.25. The van der Waals surface area contributed by atoms with Crippen LogP contribution in [0.3, 0.4) is 0 Å². The maximum atomic E-state index is 3.89. The lowest BCUT2D eigenvalue weighted by atomic mass is 10.9. The molecule has 0 aromatic rings. The van der Waals surface area contributed by atoms with Gasteiger partial charge in [0.15, 0.2) is 5.04 Å². The Morgan fingerprint density at radius 1 is 1.86 bits per heavy atom. The molecule has 0 aromatic heterocycles. The van der Waals surface area contributed by atoms with E-state index in [0.717, 1.165) is 5.04 Å². The predicted octanol–water partition coefficient (Wildman–Crippen LogP) is 0.275. The molecule has 0 saturated heterocycles. The van der Waals surface area contributed by atoms with Gasteiger partial charge in [-0.25, -0.2) is 4.67 Å². The third-order valence-corrected chi connectivity index (χ3v) is 1.26. The van der Waals surface area contributed by atoms with E-state index in [4.69, 9.17) is 0 Å². The van der Waals surface area contributed by atoms with Gasteiger partial charge in [0, 0.05) is 18.7 Å². The van der Waals surface area contributed by atoms with Crippen LogP contribution >= 0.6 is 11.8 Å². The number of rotatable bonds is 0. The second kappa shape index (κ2) is 1.96. The third kappa shape index (κ3) is 1.18. The summed E-state index contributed by atoms with van der Waals surface area (Å²) in [5.74, 6) is 0. The van der Waals surface area contributed by atoms with Crippen LogP contribution in [0.5, 0.6) is 0 Å². The fraction of sp³-hybridized carbons (Fsp3) is 0.250. The number of thioether (sulfide) groups is 1. The smallest absolute Gasteiger partial charge is 0.208 e. The van der Waals surface area contributed by atoms with Gasteiger partial charge in [0.2, 0.25) is 5.55 Å². The summed E-state index contributed by atoms with van der Waals surface area (Å²) in [6, 6.07) is 0.